The number of sulfonamides is 1. The van der Waals surface area contributed by atoms with E-state index in [9.17, 15) is 13.2 Å². The zero-order valence-corrected chi connectivity index (χ0v) is 16.9. The lowest BCUT2D eigenvalue weighted by Gasteiger charge is -2.19. The molecule has 1 amide bonds. The Morgan fingerprint density at radius 1 is 1.11 bits per heavy atom. The fraction of sp³-hybridized carbons (Fsp3) is 0.350. The molecule has 0 aromatic heterocycles. The van der Waals surface area contributed by atoms with Gasteiger partial charge in [0.25, 0.3) is 0 Å². The van der Waals surface area contributed by atoms with E-state index in [2.05, 4.69) is 12.2 Å². The lowest BCUT2D eigenvalue weighted by atomic mass is 10.1. The van der Waals surface area contributed by atoms with Gasteiger partial charge < -0.3 is 10.1 Å². The molecule has 0 fully saturated rings. The normalized spacial score (nSPS) is 12.6. The van der Waals surface area contributed by atoms with Gasteiger partial charge in [-0.25, -0.2) is 8.42 Å². The first-order valence-electron chi connectivity index (χ1n) is 8.76. The van der Waals surface area contributed by atoms with Crippen LogP contribution in [0.15, 0.2) is 53.4 Å². The molecule has 2 aromatic carbocycles. The summed E-state index contributed by atoms with van der Waals surface area (Å²) in [7, 11) is -0.852. The molecule has 2 aromatic rings. The Hall–Kier alpha value is -2.38. The zero-order valence-electron chi connectivity index (χ0n) is 16.1. The van der Waals surface area contributed by atoms with Crippen LogP contribution in [-0.4, -0.2) is 39.3 Å². The summed E-state index contributed by atoms with van der Waals surface area (Å²) >= 11 is 0. The number of aryl methyl sites for hydroxylation is 1. The molecule has 0 radical (unpaired) electrons. The van der Waals surface area contributed by atoms with Gasteiger partial charge in [-0.2, -0.15) is 4.31 Å². The molecule has 27 heavy (non-hydrogen) atoms. The van der Waals surface area contributed by atoms with Crippen molar-refractivity contribution in [2.45, 2.75) is 31.2 Å². The lowest BCUT2D eigenvalue weighted by molar-refractivity contribution is -0.121. The van der Waals surface area contributed by atoms with E-state index < -0.39 is 10.0 Å². The minimum absolute atomic E-state index is 0.113. The first-order chi connectivity index (χ1) is 12.8. The van der Waals surface area contributed by atoms with Crippen molar-refractivity contribution in [1.82, 2.24) is 9.62 Å². The van der Waals surface area contributed by atoms with Crippen molar-refractivity contribution in [3.8, 4) is 5.75 Å². The number of amides is 1. The maximum atomic E-state index is 12.6. The Bertz CT molecular complexity index is 862. The molecule has 1 N–H and O–H groups in total. The number of nitrogens with zero attached hydrogens (tertiary/aromatic N) is 1. The molecule has 7 heteroatoms. The van der Waals surface area contributed by atoms with Gasteiger partial charge in [-0.1, -0.05) is 31.2 Å². The molecule has 1 atom stereocenters. The summed E-state index contributed by atoms with van der Waals surface area (Å²) in [6.45, 7) is 3.70. The average molecular weight is 391 g/mol. The minimum Gasteiger partial charge on any atom is -0.497 e. The van der Waals surface area contributed by atoms with Crippen LogP contribution in [0.3, 0.4) is 0 Å². The number of likely N-dealkylation sites (N-methyl/N-ethyl adjacent to an activating group) is 1. The summed E-state index contributed by atoms with van der Waals surface area (Å²) in [6, 6.07) is 13.9. The highest BCUT2D eigenvalue weighted by Gasteiger charge is 2.23. The highest BCUT2D eigenvalue weighted by atomic mass is 32.2. The number of nitrogens with one attached hydrogen (secondary N) is 1. The van der Waals surface area contributed by atoms with Crippen molar-refractivity contribution < 1.29 is 17.9 Å². The molecule has 0 heterocycles. The van der Waals surface area contributed by atoms with E-state index in [1.54, 1.807) is 12.1 Å². The molecule has 0 aliphatic carbocycles. The first-order valence-corrected chi connectivity index (χ1v) is 10.2. The van der Waals surface area contributed by atoms with E-state index in [-0.39, 0.29) is 23.4 Å². The van der Waals surface area contributed by atoms with E-state index in [1.807, 2.05) is 31.2 Å². The van der Waals surface area contributed by atoms with Crippen molar-refractivity contribution in [3.63, 3.8) is 0 Å². The van der Waals surface area contributed by atoms with E-state index in [0.29, 0.717) is 5.75 Å². The fourth-order valence-electron chi connectivity index (χ4n) is 2.63. The number of hydrogen-bond donors (Lipinski definition) is 1. The lowest BCUT2D eigenvalue weighted by Crippen LogP contribution is -2.39. The second-order valence-corrected chi connectivity index (χ2v) is 8.37. The van der Waals surface area contributed by atoms with Crippen LogP contribution in [0.5, 0.6) is 5.75 Å². The van der Waals surface area contributed by atoms with Crippen LogP contribution in [-0.2, 0) is 21.2 Å². The van der Waals surface area contributed by atoms with Crippen LogP contribution in [0.4, 0.5) is 0 Å². The van der Waals surface area contributed by atoms with E-state index in [1.165, 1.54) is 31.9 Å². The van der Waals surface area contributed by atoms with Crippen molar-refractivity contribution >= 4 is 15.9 Å². The van der Waals surface area contributed by atoms with Crippen LogP contribution in [0.1, 0.15) is 31.0 Å². The summed E-state index contributed by atoms with van der Waals surface area (Å²) in [5.74, 6) is 0.207. The van der Waals surface area contributed by atoms with Gasteiger partial charge in [0.2, 0.25) is 15.9 Å². The number of methoxy groups -OCH3 is 1. The van der Waals surface area contributed by atoms with Gasteiger partial charge in [-0.05, 0) is 48.7 Å². The summed E-state index contributed by atoms with van der Waals surface area (Å²) in [4.78, 5) is 12.4. The van der Waals surface area contributed by atoms with Gasteiger partial charge in [-0.15, -0.1) is 0 Å². The molecular weight excluding hydrogens is 364 g/mol. The molecule has 0 saturated carbocycles. The second kappa shape index (κ2) is 9.01. The molecule has 2 rings (SSSR count). The molecule has 146 valence electrons. The first kappa shape index (κ1) is 20.9. The zero-order chi connectivity index (χ0) is 20.0. The fourth-order valence-corrected chi connectivity index (χ4v) is 3.75. The number of ether oxygens (including phenoxy) is 1. The van der Waals surface area contributed by atoms with Gasteiger partial charge in [-0.3, -0.25) is 4.79 Å². The largest absolute Gasteiger partial charge is 0.497 e. The number of carbonyl (C=O) groups is 1. The molecular formula is C20H26N2O4S. The van der Waals surface area contributed by atoms with Gasteiger partial charge in [0.1, 0.15) is 5.75 Å². The Kier molecular flexibility index (Phi) is 6.98. The van der Waals surface area contributed by atoms with E-state index in [0.717, 1.165) is 16.3 Å². The number of hydrogen-bond acceptors (Lipinski definition) is 4. The van der Waals surface area contributed by atoms with E-state index >= 15 is 0 Å². The Morgan fingerprint density at radius 2 is 1.70 bits per heavy atom. The predicted molar refractivity (Wildman–Crippen MR) is 105 cm³/mol. The van der Waals surface area contributed by atoms with E-state index in [4.69, 9.17) is 4.74 Å². The number of rotatable bonds is 8. The maximum Gasteiger partial charge on any atom is 0.243 e. The smallest absolute Gasteiger partial charge is 0.243 e. The topological polar surface area (TPSA) is 75.7 Å². The molecule has 6 nitrogen and oxygen atoms in total. The van der Waals surface area contributed by atoms with Crippen molar-refractivity contribution in [2.24, 2.45) is 0 Å². The maximum absolute atomic E-state index is 12.6. The van der Waals surface area contributed by atoms with Gasteiger partial charge in [0.15, 0.2) is 0 Å². The van der Waals surface area contributed by atoms with Crippen molar-refractivity contribution in [2.75, 3.05) is 20.7 Å². The van der Waals surface area contributed by atoms with Crippen LogP contribution in [0, 0.1) is 0 Å². The minimum atomic E-state index is -3.75. The van der Waals surface area contributed by atoms with Gasteiger partial charge >= 0.3 is 0 Å². The second-order valence-electron chi connectivity index (χ2n) is 6.32. The average Bonchev–Trinajstić information content (AvgIpc) is 2.67. The van der Waals surface area contributed by atoms with Crippen molar-refractivity contribution in [3.05, 3.63) is 59.7 Å². The molecule has 0 bridgehead atoms. The van der Waals surface area contributed by atoms with Gasteiger partial charge in [0.05, 0.1) is 24.6 Å². The summed E-state index contributed by atoms with van der Waals surface area (Å²) in [6.07, 6.45) is 0.953. The number of benzene rings is 2. The van der Waals surface area contributed by atoms with Crippen LogP contribution in [0.2, 0.25) is 0 Å². The molecule has 0 aliphatic rings. The molecule has 0 spiro atoms. The highest BCUT2D eigenvalue weighted by molar-refractivity contribution is 7.89. The monoisotopic (exact) mass is 390 g/mol. The van der Waals surface area contributed by atoms with Crippen LogP contribution < -0.4 is 10.1 Å². The van der Waals surface area contributed by atoms with Crippen molar-refractivity contribution in [1.29, 1.82) is 0 Å². The quantitative estimate of drug-likeness (QED) is 0.752. The van der Waals surface area contributed by atoms with Gasteiger partial charge in [0, 0.05) is 7.05 Å². The SMILES string of the molecule is CCc1ccc([C@@H](C)NC(=O)CN(C)S(=O)(=O)c2ccc(OC)cc2)cc1. The molecule has 0 unspecified atom stereocenters. The Labute approximate surface area is 161 Å². The highest BCUT2D eigenvalue weighted by Crippen LogP contribution is 2.19. The van der Waals surface area contributed by atoms with Crippen LogP contribution in [0.25, 0.3) is 0 Å². The third-order valence-corrected chi connectivity index (χ3v) is 6.22. The number of carbonyl (C=O) groups excluding carboxylic acids is 1. The third kappa shape index (κ3) is 5.30. The molecule has 0 saturated heterocycles. The third-order valence-electron chi connectivity index (χ3n) is 4.40. The Balaban J connectivity index is 2.00. The summed E-state index contributed by atoms with van der Waals surface area (Å²) in [5, 5.41) is 2.84. The molecule has 0 aliphatic heterocycles. The summed E-state index contributed by atoms with van der Waals surface area (Å²) < 4.78 is 31.3. The Morgan fingerprint density at radius 3 is 2.22 bits per heavy atom. The van der Waals surface area contributed by atoms with Crippen LogP contribution >= 0.6 is 0 Å². The standard InChI is InChI=1S/C20H26N2O4S/c1-5-16-6-8-17(9-7-16)15(2)21-20(23)14-22(3)27(24,25)19-12-10-18(26-4)11-13-19/h6-13,15H,5,14H2,1-4H3,(H,21,23)/t15-/m1/s1. The summed E-state index contributed by atoms with van der Waals surface area (Å²) in [5.41, 5.74) is 2.20. The predicted octanol–water partition coefficient (Wildman–Crippen LogP) is 2.76.